The van der Waals surface area contributed by atoms with Gasteiger partial charge in [0.05, 0.1) is 18.2 Å². The molecule has 1 aliphatic carbocycles. The Balaban J connectivity index is 2.34. The summed E-state index contributed by atoms with van der Waals surface area (Å²) in [6.45, 7) is 2.14. The third kappa shape index (κ3) is 2.24. The highest BCUT2D eigenvalue weighted by Gasteiger charge is 2.27. The molecule has 0 fully saturated rings. The number of rotatable bonds is 3. The Morgan fingerprint density at radius 1 is 1.48 bits per heavy atom. The molecule has 0 saturated carbocycles. The summed E-state index contributed by atoms with van der Waals surface area (Å²) in [6.07, 6.45) is 3.93. The molecule has 0 bridgehead atoms. The van der Waals surface area contributed by atoms with Crippen LogP contribution in [0.4, 0.5) is 0 Å². The molecule has 2 aromatic rings. The Hall–Kier alpha value is -2.10. The monoisotopic (exact) mass is 285 g/mol. The molecule has 1 aromatic carbocycles. The Kier molecular flexibility index (Phi) is 3.53. The Morgan fingerprint density at radius 3 is 2.95 bits per heavy atom. The standard InChI is InChI=1S/C17H19NO3/c1-3-10-5-4-6-13-15(17(19)20)12-8-7-11(21-2)9-14(12)18-16(10)13/h7-10H,3-6H2,1-2H3,(H,19,20). The summed E-state index contributed by atoms with van der Waals surface area (Å²) in [5.41, 5.74) is 3.04. The maximum absolute atomic E-state index is 11.8. The molecule has 21 heavy (non-hydrogen) atoms. The van der Waals surface area contributed by atoms with E-state index in [0.717, 1.165) is 36.9 Å². The molecule has 1 aliphatic rings. The van der Waals surface area contributed by atoms with E-state index in [2.05, 4.69) is 6.92 Å². The van der Waals surface area contributed by atoms with E-state index in [1.807, 2.05) is 6.07 Å². The van der Waals surface area contributed by atoms with E-state index in [1.54, 1.807) is 19.2 Å². The predicted molar refractivity (Wildman–Crippen MR) is 81.2 cm³/mol. The lowest BCUT2D eigenvalue weighted by atomic mass is 9.82. The molecule has 0 aliphatic heterocycles. The van der Waals surface area contributed by atoms with Crippen molar-refractivity contribution in [2.24, 2.45) is 0 Å². The Bertz CT molecular complexity index is 709. The van der Waals surface area contributed by atoms with Crippen molar-refractivity contribution in [2.45, 2.75) is 38.5 Å². The molecule has 1 atom stereocenters. The van der Waals surface area contributed by atoms with Crippen LogP contribution in [0.5, 0.6) is 5.75 Å². The van der Waals surface area contributed by atoms with Gasteiger partial charge in [0.15, 0.2) is 0 Å². The topological polar surface area (TPSA) is 59.4 Å². The molecular formula is C17H19NO3. The van der Waals surface area contributed by atoms with E-state index in [1.165, 1.54) is 0 Å². The molecule has 3 rings (SSSR count). The lowest BCUT2D eigenvalue weighted by molar-refractivity contribution is 0.0697. The fourth-order valence-electron chi connectivity index (χ4n) is 3.32. The van der Waals surface area contributed by atoms with Crippen molar-refractivity contribution < 1.29 is 14.6 Å². The first-order valence-corrected chi connectivity index (χ1v) is 7.39. The molecule has 110 valence electrons. The van der Waals surface area contributed by atoms with Gasteiger partial charge in [-0.2, -0.15) is 0 Å². The summed E-state index contributed by atoms with van der Waals surface area (Å²) in [7, 11) is 1.60. The highest BCUT2D eigenvalue weighted by Crippen LogP contribution is 2.37. The summed E-state index contributed by atoms with van der Waals surface area (Å²) in [5, 5.41) is 10.4. The van der Waals surface area contributed by atoms with E-state index in [9.17, 15) is 9.90 Å². The van der Waals surface area contributed by atoms with Crippen molar-refractivity contribution in [1.82, 2.24) is 4.98 Å². The molecule has 1 N–H and O–H groups in total. The van der Waals surface area contributed by atoms with Crippen LogP contribution >= 0.6 is 0 Å². The lowest BCUT2D eigenvalue weighted by Gasteiger charge is -2.25. The van der Waals surface area contributed by atoms with Crippen LogP contribution in [0.1, 0.15) is 53.7 Å². The molecule has 1 aromatic heterocycles. The number of hydrogen-bond acceptors (Lipinski definition) is 3. The molecule has 0 spiro atoms. The van der Waals surface area contributed by atoms with Gasteiger partial charge in [-0.15, -0.1) is 0 Å². The van der Waals surface area contributed by atoms with Gasteiger partial charge in [-0.05, 0) is 43.4 Å². The van der Waals surface area contributed by atoms with E-state index in [0.29, 0.717) is 28.1 Å². The first-order chi connectivity index (χ1) is 10.2. The largest absolute Gasteiger partial charge is 0.497 e. The number of hydrogen-bond donors (Lipinski definition) is 1. The van der Waals surface area contributed by atoms with Crippen molar-refractivity contribution in [2.75, 3.05) is 7.11 Å². The first kappa shape index (κ1) is 13.9. The van der Waals surface area contributed by atoms with Crippen molar-refractivity contribution in [3.63, 3.8) is 0 Å². The summed E-state index contributed by atoms with van der Waals surface area (Å²) in [5.74, 6) is 0.207. The number of ether oxygens (including phenoxy) is 1. The van der Waals surface area contributed by atoms with E-state index >= 15 is 0 Å². The summed E-state index contributed by atoms with van der Waals surface area (Å²) in [4.78, 5) is 16.6. The van der Waals surface area contributed by atoms with Crippen molar-refractivity contribution >= 4 is 16.9 Å². The van der Waals surface area contributed by atoms with Gasteiger partial charge in [-0.1, -0.05) is 6.92 Å². The van der Waals surface area contributed by atoms with Gasteiger partial charge in [-0.25, -0.2) is 4.79 Å². The maximum Gasteiger partial charge on any atom is 0.336 e. The zero-order valence-corrected chi connectivity index (χ0v) is 12.3. The SMILES string of the molecule is CCC1CCCc2c1nc1cc(OC)ccc1c2C(=O)O. The molecule has 4 heteroatoms. The number of fused-ring (bicyclic) bond motifs is 2. The minimum Gasteiger partial charge on any atom is -0.497 e. The van der Waals surface area contributed by atoms with Gasteiger partial charge < -0.3 is 9.84 Å². The fourth-order valence-corrected chi connectivity index (χ4v) is 3.32. The van der Waals surface area contributed by atoms with Crippen LogP contribution in [0.2, 0.25) is 0 Å². The molecule has 1 unspecified atom stereocenters. The van der Waals surface area contributed by atoms with Crippen LogP contribution in [-0.2, 0) is 6.42 Å². The number of carboxylic acids is 1. The van der Waals surface area contributed by atoms with E-state index in [4.69, 9.17) is 9.72 Å². The van der Waals surface area contributed by atoms with Crippen molar-refractivity contribution in [1.29, 1.82) is 0 Å². The van der Waals surface area contributed by atoms with Crippen LogP contribution in [0.3, 0.4) is 0 Å². The minimum absolute atomic E-state index is 0.363. The zero-order valence-electron chi connectivity index (χ0n) is 12.3. The second-order valence-corrected chi connectivity index (χ2v) is 5.54. The highest BCUT2D eigenvalue weighted by molar-refractivity contribution is 6.04. The first-order valence-electron chi connectivity index (χ1n) is 7.39. The predicted octanol–water partition coefficient (Wildman–Crippen LogP) is 3.77. The quantitative estimate of drug-likeness (QED) is 0.932. The van der Waals surface area contributed by atoms with Crippen LogP contribution in [0.25, 0.3) is 10.9 Å². The van der Waals surface area contributed by atoms with Gasteiger partial charge in [0.2, 0.25) is 0 Å². The van der Waals surface area contributed by atoms with Gasteiger partial charge in [0.25, 0.3) is 0 Å². The molecule has 1 heterocycles. The number of methoxy groups -OCH3 is 1. The lowest BCUT2D eigenvalue weighted by Crippen LogP contribution is -2.17. The third-order valence-corrected chi connectivity index (χ3v) is 4.40. The van der Waals surface area contributed by atoms with E-state index < -0.39 is 5.97 Å². The zero-order chi connectivity index (χ0) is 15.0. The van der Waals surface area contributed by atoms with Gasteiger partial charge >= 0.3 is 5.97 Å². The number of aromatic nitrogens is 1. The minimum atomic E-state index is -0.861. The van der Waals surface area contributed by atoms with Gasteiger partial charge in [0, 0.05) is 23.1 Å². The van der Waals surface area contributed by atoms with Crippen LogP contribution in [0, 0.1) is 0 Å². The summed E-state index contributed by atoms with van der Waals surface area (Å²) >= 11 is 0. The maximum atomic E-state index is 11.8. The van der Waals surface area contributed by atoms with E-state index in [-0.39, 0.29) is 0 Å². The van der Waals surface area contributed by atoms with Crippen molar-refractivity contribution in [3.05, 3.63) is 35.0 Å². The smallest absolute Gasteiger partial charge is 0.336 e. The van der Waals surface area contributed by atoms with Crippen LogP contribution in [0.15, 0.2) is 18.2 Å². The van der Waals surface area contributed by atoms with Gasteiger partial charge in [0.1, 0.15) is 5.75 Å². The Morgan fingerprint density at radius 2 is 2.29 bits per heavy atom. The molecule has 0 saturated heterocycles. The number of carboxylic acid groups (broad SMARTS) is 1. The van der Waals surface area contributed by atoms with Gasteiger partial charge in [-0.3, -0.25) is 4.98 Å². The number of pyridine rings is 1. The summed E-state index contributed by atoms with van der Waals surface area (Å²) in [6, 6.07) is 5.42. The van der Waals surface area contributed by atoms with Crippen molar-refractivity contribution in [3.8, 4) is 5.75 Å². The second-order valence-electron chi connectivity index (χ2n) is 5.54. The number of nitrogens with zero attached hydrogens (tertiary/aromatic N) is 1. The third-order valence-electron chi connectivity index (χ3n) is 4.40. The number of aromatic carboxylic acids is 1. The van der Waals surface area contributed by atoms with Crippen LogP contribution in [-0.4, -0.2) is 23.2 Å². The Labute approximate surface area is 123 Å². The number of benzene rings is 1. The highest BCUT2D eigenvalue weighted by atomic mass is 16.5. The molecule has 0 amide bonds. The molecule has 0 radical (unpaired) electrons. The normalized spacial score (nSPS) is 17.5. The summed E-state index contributed by atoms with van der Waals surface area (Å²) < 4.78 is 5.23. The molecule has 4 nitrogen and oxygen atoms in total. The fraction of sp³-hybridized carbons (Fsp3) is 0.412. The van der Waals surface area contributed by atoms with Crippen LogP contribution < -0.4 is 4.74 Å². The average molecular weight is 285 g/mol. The second kappa shape index (κ2) is 5.35. The average Bonchev–Trinajstić information content (AvgIpc) is 2.50. The number of carbonyl (C=O) groups is 1. The molecular weight excluding hydrogens is 266 g/mol.